The van der Waals surface area contributed by atoms with Crippen LogP contribution in [0.25, 0.3) is 11.1 Å². The molecule has 0 spiro atoms. The number of carbonyl (C=O) groups is 1. The number of carbonyl (C=O) groups excluding carboxylic acids is 1. The number of amides is 1. The number of aromatic nitrogens is 2. The molecule has 152 valence electrons. The van der Waals surface area contributed by atoms with Crippen LogP contribution in [0.1, 0.15) is 35.8 Å². The van der Waals surface area contributed by atoms with Crippen molar-refractivity contribution in [2.75, 3.05) is 12.4 Å². The van der Waals surface area contributed by atoms with E-state index in [0.29, 0.717) is 34.5 Å². The zero-order chi connectivity index (χ0) is 21.1. The average Bonchev–Trinajstić information content (AvgIpc) is 3.15. The lowest BCUT2D eigenvalue weighted by atomic mass is 10.0. The van der Waals surface area contributed by atoms with Gasteiger partial charge >= 0.3 is 0 Å². The fourth-order valence-electron chi connectivity index (χ4n) is 3.12. The summed E-state index contributed by atoms with van der Waals surface area (Å²) in [5, 5.41) is 5.81. The van der Waals surface area contributed by atoms with Crippen molar-refractivity contribution in [3.8, 4) is 11.5 Å². The van der Waals surface area contributed by atoms with E-state index in [4.69, 9.17) is 9.15 Å². The monoisotopic (exact) mass is 402 g/mol. The molecule has 4 rings (SSSR count). The molecule has 7 nitrogen and oxygen atoms in total. The average molecular weight is 402 g/mol. The number of para-hydroxylation sites is 1. The predicted octanol–water partition coefficient (Wildman–Crippen LogP) is 5.24. The molecular weight excluding hydrogens is 380 g/mol. The molecule has 0 atom stereocenters. The van der Waals surface area contributed by atoms with Gasteiger partial charge in [-0.1, -0.05) is 32.0 Å². The van der Waals surface area contributed by atoms with Crippen molar-refractivity contribution in [2.45, 2.75) is 19.8 Å². The van der Waals surface area contributed by atoms with E-state index in [1.54, 1.807) is 37.4 Å². The number of benzene rings is 2. The summed E-state index contributed by atoms with van der Waals surface area (Å²) in [6.07, 6.45) is 1.53. The van der Waals surface area contributed by atoms with E-state index in [1.807, 2.05) is 18.2 Å². The summed E-state index contributed by atoms with van der Waals surface area (Å²) in [5.74, 6) is 1.19. The minimum absolute atomic E-state index is 0.273. The highest BCUT2D eigenvalue weighted by Gasteiger charge is 2.12. The number of oxazole rings is 1. The molecule has 0 aliphatic heterocycles. The van der Waals surface area contributed by atoms with Gasteiger partial charge in [-0.3, -0.25) is 9.78 Å². The van der Waals surface area contributed by atoms with Crippen LogP contribution in [0.5, 0.6) is 11.5 Å². The summed E-state index contributed by atoms with van der Waals surface area (Å²) in [7, 11) is 1.56. The summed E-state index contributed by atoms with van der Waals surface area (Å²) in [6.45, 7) is 4.29. The Morgan fingerprint density at radius 3 is 2.67 bits per heavy atom. The van der Waals surface area contributed by atoms with Crippen molar-refractivity contribution in [1.82, 2.24) is 15.3 Å². The Balaban J connectivity index is 1.57. The van der Waals surface area contributed by atoms with Gasteiger partial charge in [0.25, 0.3) is 11.9 Å². The molecule has 0 aliphatic rings. The van der Waals surface area contributed by atoms with Gasteiger partial charge < -0.3 is 19.8 Å². The van der Waals surface area contributed by atoms with Gasteiger partial charge in [-0.15, -0.1) is 0 Å². The second-order valence-electron chi connectivity index (χ2n) is 7.07. The van der Waals surface area contributed by atoms with Gasteiger partial charge in [-0.25, -0.2) is 0 Å². The van der Waals surface area contributed by atoms with E-state index < -0.39 is 0 Å². The fourth-order valence-corrected chi connectivity index (χ4v) is 3.12. The number of hydrogen-bond donors (Lipinski definition) is 2. The molecule has 2 N–H and O–H groups in total. The van der Waals surface area contributed by atoms with Crippen LogP contribution >= 0.6 is 0 Å². The van der Waals surface area contributed by atoms with Crippen LogP contribution in [0.2, 0.25) is 0 Å². The summed E-state index contributed by atoms with van der Waals surface area (Å²) < 4.78 is 11.7. The summed E-state index contributed by atoms with van der Waals surface area (Å²) >= 11 is 0. The molecule has 0 saturated heterocycles. The largest absolute Gasteiger partial charge is 0.457 e. The molecule has 30 heavy (non-hydrogen) atoms. The topological polar surface area (TPSA) is 89.3 Å². The van der Waals surface area contributed by atoms with E-state index in [9.17, 15) is 4.79 Å². The highest BCUT2D eigenvalue weighted by atomic mass is 16.5. The Labute approximate surface area is 174 Å². The number of nitrogens with one attached hydrogen (secondary N) is 2. The van der Waals surface area contributed by atoms with Crippen molar-refractivity contribution >= 4 is 28.7 Å². The van der Waals surface area contributed by atoms with Crippen molar-refractivity contribution < 1.29 is 13.9 Å². The Bertz CT molecular complexity index is 1200. The van der Waals surface area contributed by atoms with Crippen LogP contribution in [0.4, 0.5) is 11.7 Å². The summed E-state index contributed by atoms with van der Waals surface area (Å²) in [6, 6.07) is 17.2. The van der Waals surface area contributed by atoms with Gasteiger partial charge in [-0.05, 0) is 35.7 Å². The maximum absolute atomic E-state index is 11.8. The minimum Gasteiger partial charge on any atom is -0.457 e. The summed E-state index contributed by atoms with van der Waals surface area (Å²) in [4.78, 5) is 20.3. The zero-order valence-corrected chi connectivity index (χ0v) is 17.0. The number of anilines is 2. The lowest BCUT2D eigenvalue weighted by molar-refractivity contribution is 0.0958. The molecule has 0 saturated carbocycles. The second-order valence-corrected chi connectivity index (χ2v) is 7.07. The number of rotatable bonds is 6. The first-order valence-electron chi connectivity index (χ1n) is 9.66. The molecule has 2 aromatic heterocycles. The van der Waals surface area contributed by atoms with Gasteiger partial charge in [0, 0.05) is 31.1 Å². The molecule has 2 heterocycles. The van der Waals surface area contributed by atoms with Gasteiger partial charge in [0.1, 0.15) is 22.7 Å². The van der Waals surface area contributed by atoms with Crippen LogP contribution in [-0.4, -0.2) is 22.9 Å². The first-order valence-corrected chi connectivity index (χ1v) is 9.66. The molecule has 0 radical (unpaired) electrons. The van der Waals surface area contributed by atoms with E-state index >= 15 is 0 Å². The van der Waals surface area contributed by atoms with Crippen molar-refractivity contribution in [3.05, 3.63) is 72.1 Å². The van der Waals surface area contributed by atoms with E-state index in [2.05, 4.69) is 40.5 Å². The smallest absolute Gasteiger partial charge is 0.300 e. The Kier molecular flexibility index (Phi) is 5.34. The molecule has 1 amide bonds. The predicted molar refractivity (Wildman–Crippen MR) is 116 cm³/mol. The SMILES string of the molecule is CNC(=O)c1cc(Oc2ccc3oc(Nc4ccccc4C(C)C)nc3c2)ccn1. The Morgan fingerprint density at radius 1 is 1.07 bits per heavy atom. The first kappa shape index (κ1) is 19.4. The molecular formula is C23H22N4O3. The number of hydrogen-bond acceptors (Lipinski definition) is 6. The minimum atomic E-state index is -0.273. The first-order chi connectivity index (χ1) is 14.5. The molecule has 0 fully saturated rings. The molecule has 0 bridgehead atoms. The molecule has 0 unspecified atom stereocenters. The number of fused-ring (bicyclic) bond motifs is 1. The van der Waals surface area contributed by atoms with Crippen molar-refractivity contribution in [3.63, 3.8) is 0 Å². The van der Waals surface area contributed by atoms with Crippen LogP contribution in [0, 0.1) is 0 Å². The summed E-state index contributed by atoms with van der Waals surface area (Å²) in [5.41, 5.74) is 3.75. The van der Waals surface area contributed by atoms with Crippen LogP contribution < -0.4 is 15.4 Å². The quantitative estimate of drug-likeness (QED) is 0.458. The van der Waals surface area contributed by atoms with E-state index in [1.165, 1.54) is 11.8 Å². The molecule has 7 heteroatoms. The standard InChI is InChI=1S/C23H22N4O3/c1-14(2)17-6-4-5-7-18(17)26-23-27-19-12-15(8-9-21(19)30-23)29-16-10-11-25-20(13-16)22(28)24-3/h4-14H,1-3H3,(H,24,28)(H,26,27). The van der Waals surface area contributed by atoms with Crippen LogP contribution in [0.3, 0.4) is 0 Å². The van der Waals surface area contributed by atoms with Crippen LogP contribution in [-0.2, 0) is 0 Å². The normalized spacial score (nSPS) is 10.9. The fraction of sp³-hybridized carbons (Fsp3) is 0.174. The van der Waals surface area contributed by atoms with Crippen molar-refractivity contribution in [2.24, 2.45) is 0 Å². The second kappa shape index (κ2) is 8.24. The zero-order valence-electron chi connectivity index (χ0n) is 17.0. The lowest BCUT2D eigenvalue weighted by Gasteiger charge is -2.11. The lowest BCUT2D eigenvalue weighted by Crippen LogP contribution is -2.18. The third kappa shape index (κ3) is 4.10. The Hall–Kier alpha value is -3.87. The van der Waals surface area contributed by atoms with Gasteiger partial charge in [-0.2, -0.15) is 4.98 Å². The molecule has 4 aromatic rings. The molecule has 0 aliphatic carbocycles. The number of pyridine rings is 1. The third-order valence-electron chi connectivity index (χ3n) is 4.61. The van der Waals surface area contributed by atoms with Crippen LogP contribution in [0.15, 0.2) is 65.2 Å². The van der Waals surface area contributed by atoms with Crippen molar-refractivity contribution in [1.29, 1.82) is 0 Å². The van der Waals surface area contributed by atoms with Gasteiger partial charge in [0.2, 0.25) is 0 Å². The van der Waals surface area contributed by atoms with E-state index in [0.717, 1.165) is 5.69 Å². The highest BCUT2D eigenvalue weighted by Crippen LogP contribution is 2.30. The van der Waals surface area contributed by atoms with Gasteiger partial charge in [0.15, 0.2) is 5.58 Å². The molecule has 2 aromatic carbocycles. The number of ether oxygens (including phenoxy) is 1. The highest BCUT2D eigenvalue weighted by molar-refractivity contribution is 5.92. The van der Waals surface area contributed by atoms with E-state index in [-0.39, 0.29) is 11.6 Å². The third-order valence-corrected chi connectivity index (χ3v) is 4.61. The van der Waals surface area contributed by atoms with Gasteiger partial charge in [0.05, 0.1) is 0 Å². The maximum atomic E-state index is 11.8. The number of nitrogens with zero attached hydrogens (tertiary/aromatic N) is 2. The maximum Gasteiger partial charge on any atom is 0.300 e. The Morgan fingerprint density at radius 2 is 1.87 bits per heavy atom.